The average molecular weight is 381 g/mol. The summed E-state index contributed by atoms with van der Waals surface area (Å²) in [5, 5.41) is 3.37. The number of ketones is 1. The van der Waals surface area contributed by atoms with Gasteiger partial charge in [-0.05, 0) is 74.9 Å². The Morgan fingerprint density at radius 2 is 1.85 bits per heavy atom. The number of nitrogens with one attached hydrogen (secondary N) is 1. The summed E-state index contributed by atoms with van der Waals surface area (Å²) in [6.45, 7) is 3.29. The number of amides is 1. The molecule has 1 aromatic rings. The Bertz CT molecular complexity index is 673. The first-order valence-corrected chi connectivity index (χ1v) is 9.38. The van der Waals surface area contributed by atoms with Crippen molar-refractivity contribution in [2.24, 2.45) is 17.3 Å². The molecule has 4 rings (SSSR count). The number of nitrogens with zero attached hydrogens (tertiary/aromatic N) is 1. The fourth-order valence-corrected chi connectivity index (χ4v) is 4.64. The van der Waals surface area contributed by atoms with E-state index in [9.17, 15) is 14.0 Å². The van der Waals surface area contributed by atoms with E-state index >= 15 is 0 Å². The zero-order chi connectivity index (χ0) is 17.4. The molecule has 2 atom stereocenters. The van der Waals surface area contributed by atoms with Crippen LogP contribution in [0, 0.1) is 23.1 Å². The molecule has 1 aromatic carbocycles. The van der Waals surface area contributed by atoms with Crippen molar-refractivity contribution < 1.29 is 14.0 Å². The minimum Gasteiger partial charge on any atom is -0.342 e. The molecule has 1 aliphatic carbocycles. The Hall–Kier alpha value is -1.46. The summed E-state index contributed by atoms with van der Waals surface area (Å²) in [4.78, 5) is 27.5. The van der Waals surface area contributed by atoms with Crippen LogP contribution in [0.1, 0.15) is 42.5 Å². The SMILES string of the molecule is Cl.O=C(c1ccc(F)cc1)C1CCCN(C(=O)C2CC23CCNCC3)C1. The van der Waals surface area contributed by atoms with Crippen LogP contribution in [-0.4, -0.2) is 42.8 Å². The lowest BCUT2D eigenvalue weighted by Gasteiger charge is -2.33. The van der Waals surface area contributed by atoms with E-state index in [1.54, 1.807) is 12.1 Å². The molecule has 1 spiro atoms. The molecule has 2 heterocycles. The number of piperidine rings is 2. The van der Waals surface area contributed by atoms with Crippen molar-refractivity contribution in [1.29, 1.82) is 0 Å². The first kappa shape index (κ1) is 19.3. The normalized spacial score (nSPS) is 26.9. The molecule has 1 saturated carbocycles. The van der Waals surface area contributed by atoms with Crippen LogP contribution in [0.25, 0.3) is 0 Å². The van der Waals surface area contributed by atoms with Crippen LogP contribution in [0.3, 0.4) is 0 Å². The lowest BCUT2D eigenvalue weighted by molar-refractivity contribution is -0.135. The Kier molecular flexibility index (Phi) is 5.68. The molecular formula is C20H26ClFN2O2. The monoisotopic (exact) mass is 380 g/mol. The van der Waals surface area contributed by atoms with E-state index in [1.165, 1.54) is 12.1 Å². The maximum absolute atomic E-state index is 13.1. The molecule has 4 nitrogen and oxygen atoms in total. The zero-order valence-corrected chi connectivity index (χ0v) is 15.7. The molecule has 2 aliphatic heterocycles. The average Bonchev–Trinajstić information content (AvgIpc) is 3.34. The van der Waals surface area contributed by atoms with E-state index in [4.69, 9.17) is 0 Å². The number of carbonyl (C=O) groups excluding carboxylic acids is 2. The minimum atomic E-state index is -0.335. The van der Waals surface area contributed by atoms with Gasteiger partial charge in [-0.1, -0.05) is 0 Å². The maximum Gasteiger partial charge on any atom is 0.226 e. The van der Waals surface area contributed by atoms with Gasteiger partial charge in [0, 0.05) is 30.5 Å². The summed E-state index contributed by atoms with van der Waals surface area (Å²) in [5.41, 5.74) is 0.776. The number of benzene rings is 1. The molecule has 6 heteroatoms. The summed E-state index contributed by atoms with van der Waals surface area (Å²) >= 11 is 0. The third-order valence-corrected chi connectivity index (χ3v) is 6.32. The third kappa shape index (κ3) is 3.65. The smallest absolute Gasteiger partial charge is 0.226 e. The van der Waals surface area contributed by atoms with E-state index in [0.717, 1.165) is 51.7 Å². The van der Waals surface area contributed by atoms with Gasteiger partial charge >= 0.3 is 0 Å². The number of Topliss-reactive ketones (excluding diaryl/α,β-unsaturated/α-hetero) is 1. The Morgan fingerprint density at radius 3 is 2.54 bits per heavy atom. The summed E-state index contributed by atoms with van der Waals surface area (Å²) in [6, 6.07) is 5.74. The highest BCUT2D eigenvalue weighted by atomic mass is 35.5. The van der Waals surface area contributed by atoms with Crippen LogP contribution in [0.2, 0.25) is 0 Å². The van der Waals surface area contributed by atoms with Gasteiger partial charge in [-0.25, -0.2) is 4.39 Å². The molecular weight excluding hydrogens is 355 g/mol. The highest BCUT2D eigenvalue weighted by Crippen LogP contribution is 2.59. The second-order valence-corrected chi connectivity index (χ2v) is 7.86. The minimum absolute atomic E-state index is 0. The van der Waals surface area contributed by atoms with Crippen LogP contribution in [0.15, 0.2) is 24.3 Å². The van der Waals surface area contributed by atoms with Crippen molar-refractivity contribution in [3.63, 3.8) is 0 Å². The number of hydrogen-bond acceptors (Lipinski definition) is 3. The predicted octanol–water partition coefficient (Wildman–Crippen LogP) is 3.06. The Balaban J connectivity index is 0.00000196. The van der Waals surface area contributed by atoms with Crippen molar-refractivity contribution >= 4 is 24.1 Å². The van der Waals surface area contributed by atoms with Gasteiger partial charge in [0.25, 0.3) is 0 Å². The molecule has 2 saturated heterocycles. The van der Waals surface area contributed by atoms with Crippen LogP contribution < -0.4 is 5.32 Å². The number of halogens is 2. The van der Waals surface area contributed by atoms with E-state index in [2.05, 4.69) is 5.32 Å². The standard InChI is InChI=1S/C20H25FN2O2.ClH/c21-16-5-3-14(4-6-16)18(24)15-2-1-11-23(13-15)19(25)17-12-20(17)7-9-22-10-8-20;/h3-6,15,17,22H,1-2,7-13H2;1H. The number of likely N-dealkylation sites (tertiary alicyclic amines) is 1. The highest BCUT2D eigenvalue weighted by Gasteiger charge is 2.58. The molecule has 0 radical (unpaired) electrons. The van der Waals surface area contributed by atoms with Gasteiger partial charge in [0.05, 0.1) is 0 Å². The highest BCUT2D eigenvalue weighted by molar-refractivity contribution is 5.98. The largest absolute Gasteiger partial charge is 0.342 e. The van der Waals surface area contributed by atoms with E-state index < -0.39 is 0 Å². The summed E-state index contributed by atoms with van der Waals surface area (Å²) < 4.78 is 13.1. The molecule has 0 bridgehead atoms. The Labute approximate surface area is 159 Å². The number of hydrogen-bond donors (Lipinski definition) is 1. The molecule has 142 valence electrons. The zero-order valence-electron chi connectivity index (χ0n) is 14.9. The van der Waals surface area contributed by atoms with E-state index in [1.807, 2.05) is 4.90 Å². The molecule has 0 aromatic heterocycles. The maximum atomic E-state index is 13.1. The molecule has 1 N–H and O–H groups in total. The lowest BCUT2D eigenvalue weighted by atomic mass is 9.88. The molecule has 26 heavy (non-hydrogen) atoms. The van der Waals surface area contributed by atoms with Gasteiger partial charge in [-0.2, -0.15) is 0 Å². The first-order valence-electron chi connectivity index (χ1n) is 9.38. The van der Waals surface area contributed by atoms with E-state index in [-0.39, 0.29) is 47.2 Å². The van der Waals surface area contributed by atoms with Gasteiger partial charge in [0.2, 0.25) is 5.91 Å². The van der Waals surface area contributed by atoms with Gasteiger partial charge in [-0.15, -0.1) is 12.4 Å². The van der Waals surface area contributed by atoms with E-state index in [0.29, 0.717) is 12.1 Å². The second-order valence-electron chi connectivity index (χ2n) is 7.86. The van der Waals surface area contributed by atoms with Crippen LogP contribution in [-0.2, 0) is 4.79 Å². The summed E-state index contributed by atoms with van der Waals surface area (Å²) in [6.07, 6.45) is 4.87. The van der Waals surface area contributed by atoms with Crippen molar-refractivity contribution in [2.75, 3.05) is 26.2 Å². The van der Waals surface area contributed by atoms with Crippen LogP contribution in [0.4, 0.5) is 4.39 Å². The van der Waals surface area contributed by atoms with Crippen LogP contribution >= 0.6 is 12.4 Å². The van der Waals surface area contributed by atoms with Gasteiger partial charge in [0.15, 0.2) is 5.78 Å². The quantitative estimate of drug-likeness (QED) is 0.820. The van der Waals surface area contributed by atoms with Crippen molar-refractivity contribution in [2.45, 2.75) is 32.1 Å². The van der Waals surface area contributed by atoms with Crippen LogP contribution in [0.5, 0.6) is 0 Å². The second kappa shape index (κ2) is 7.65. The van der Waals surface area contributed by atoms with Gasteiger partial charge in [-0.3, -0.25) is 9.59 Å². The molecule has 3 fully saturated rings. The number of carbonyl (C=O) groups is 2. The lowest BCUT2D eigenvalue weighted by Crippen LogP contribution is -2.44. The van der Waals surface area contributed by atoms with Crippen molar-refractivity contribution in [1.82, 2.24) is 10.2 Å². The summed E-state index contributed by atoms with van der Waals surface area (Å²) in [5.74, 6) is -0.0541. The fraction of sp³-hybridized carbons (Fsp3) is 0.600. The van der Waals surface area contributed by atoms with Crippen molar-refractivity contribution in [3.05, 3.63) is 35.6 Å². The third-order valence-electron chi connectivity index (χ3n) is 6.32. The topological polar surface area (TPSA) is 49.4 Å². The Morgan fingerprint density at radius 1 is 1.15 bits per heavy atom. The molecule has 3 aliphatic rings. The van der Waals surface area contributed by atoms with Gasteiger partial charge in [0.1, 0.15) is 5.82 Å². The molecule has 2 unspecified atom stereocenters. The van der Waals surface area contributed by atoms with Gasteiger partial charge < -0.3 is 10.2 Å². The fourth-order valence-electron chi connectivity index (χ4n) is 4.64. The first-order chi connectivity index (χ1) is 12.1. The predicted molar refractivity (Wildman–Crippen MR) is 99.9 cm³/mol. The number of rotatable bonds is 3. The summed E-state index contributed by atoms with van der Waals surface area (Å²) in [7, 11) is 0. The van der Waals surface area contributed by atoms with Crippen molar-refractivity contribution in [3.8, 4) is 0 Å². The molecule has 1 amide bonds.